The van der Waals surface area contributed by atoms with Gasteiger partial charge < -0.3 is 14.4 Å². The van der Waals surface area contributed by atoms with Crippen LogP contribution < -0.4 is 9.47 Å². The maximum absolute atomic E-state index is 13.0. The number of carbonyl (C=O) groups excluding carboxylic acids is 1. The second-order valence-corrected chi connectivity index (χ2v) is 7.41. The summed E-state index contributed by atoms with van der Waals surface area (Å²) >= 11 is 0. The Hall–Kier alpha value is -3.48. The summed E-state index contributed by atoms with van der Waals surface area (Å²) in [6, 6.07) is 13.4. The van der Waals surface area contributed by atoms with Crippen molar-refractivity contribution < 1.29 is 18.7 Å². The van der Waals surface area contributed by atoms with Crippen molar-refractivity contribution in [3.8, 4) is 22.8 Å². The Bertz CT molecular complexity index is 1040. The highest BCUT2D eigenvalue weighted by molar-refractivity contribution is 5.78. The zero-order chi connectivity index (χ0) is 21.6. The van der Waals surface area contributed by atoms with Crippen LogP contribution in [0.4, 0.5) is 4.39 Å². The van der Waals surface area contributed by atoms with Crippen LogP contribution in [0.3, 0.4) is 0 Å². The minimum atomic E-state index is -0.340. The lowest BCUT2D eigenvalue weighted by Crippen LogP contribution is -2.41. The summed E-state index contributed by atoms with van der Waals surface area (Å²) in [5.74, 6) is 0.831. The van der Waals surface area contributed by atoms with Crippen LogP contribution in [0.2, 0.25) is 0 Å². The van der Waals surface area contributed by atoms with Crippen LogP contribution in [0.5, 0.6) is 11.5 Å². The predicted octanol–water partition coefficient (Wildman–Crippen LogP) is 4.08. The second-order valence-electron chi connectivity index (χ2n) is 7.41. The Morgan fingerprint density at radius 1 is 1.13 bits per heavy atom. The van der Waals surface area contributed by atoms with Gasteiger partial charge in [0, 0.05) is 37.0 Å². The quantitative estimate of drug-likeness (QED) is 0.600. The zero-order valence-electron chi connectivity index (χ0n) is 17.3. The largest absolute Gasteiger partial charge is 0.496 e. The fourth-order valence-corrected chi connectivity index (χ4v) is 3.89. The number of para-hydroxylation sites is 1. The van der Waals surface area contributed by atoms with Crippen molar-refractivity contribution in [1.82, 2.24) is 14.9 Å². The summed E-state index contributed by atoms with van der Waals surface area (Å²) in [5, 5.41) is 0. The highest BCUT2D eigenvalue weighted by Gasteiger charge is 2.28. The van der Waals surface area contributed by atoms with E-state index in [1.54, 1.807) is 24.4 Å². The van der Waals surface area contributed by atoms with Gasteiger partial charge in [-0.15, -0.1) is 0 Å². The third-order valence-corrected chi connectivity index (χ3v) is 5.43. The first-order valence-corrected chi connectivity index (χ1v) is 10.3. The molecule has 1 aromatic heterocycles. The molecule has 1 aliphatic heterocycles. The molecule has 0 N–H and O–H groups in total. The van der Waals surface area contributed by atoms with E-state index < -0.39 is 0 Å². The molecular weight excluding hydrogens is 397 g/mol. The molecule has 1 aliphatic rings. The number of piperidine rings is 1. The average molecular weight is 421 g/mol. The molecule has 3 aromatic rings. The van der Waals surface area contributed by atoms with Gasteiger partial charge >= 0.3 is 0 Å². The summed E-state index contributed by atoms with van der Waals surface area (Å²) in [6.45, 7) is 1.14. The van der Waals surface area contributed by atoms with Crippen molar-refractivity contribution in [2.75, 3.05) is 26.8 Å². The highest BCUT2D eigenvalue weighted by Crippen LogP contribution is 2.35. The Morgan fingerprint density at radius 2 is 1.90 bits per heavy atom. The third kappa shape index (κ3) is 4.82. The molecule has 0 saturated carbocycles. The van der Waals surface area contributed by atoms with E-state index in [0.29, 0.717) is 18.8 Å². The van der Waals surface area contributed by atoms with Crippen LogP contribution >= 0.6 is 0 Å². The molecule has 7 heteroatoms. The van der Waals surface area contributed by atoms with Crippen molar-refractivity contribution >= 4 is 5.91 Å². The van der Waals surface area contributed by atoms with Crippen LogP contribution in [-0.4, -0.2) is 47.6 Å². The number of aromatic nitrogens is 2. The molecule has 1 atom stereocenters. The van der Waals surface area contributed by atoms with E-state index in [0.717, 1.165) is 35.5 Å². The molecule has 31 heavy (non-hydrogen) atoms. The van der Waals surface area contributed by atoms with Crippen molar-refractivity contribution in [3.05, 3.63) is 72.4 Å². The van der Waals surface area contributed by atoms with Gasteiger partial charge in [0.1, 0.15) is 17.3 Å². The minimum absolute atomic E-state index is 0.0668. The van der Waals surface area contributed by atoms with E-state index in [2.05, 4.69) is 9.97 Å². The second kappa shape index (κ2) is 9.55. The number of rotatable bonds is 6. The lowest BCUT2D eigenvalue weighted by atomic mass is 9.91. The molecule has 0 spiro atoms. The summed E-state index contributed by atoms with van der Waals surface area (Å²) in [7, 11) is 1.64. The van der Waals surface area contributed by atoms with Crippen molar-refractivity contribution in [2.45, 2.75) is 18.8 Å². The molecule has 1 amide bonds. The molecule has 4 rings (SSSR count). The van der Waals surface area contributed by atoms with Gasteiger partial charge in [0.15, 0.2) is 6.61 Å². The van der Waals surface area contributed by atoms with Crippen LogP contribution in [-0.2, 0) is 4.79 Å². The lowest BCUT2D eigenvalue weighted by molar-refractivity contribution is -0.134. The van der Waals surface area contributed by atoms with Gasteiger partial charge in [-0.2, -0.15) is 0 Å². The topological polar surface area (TPSA) is 64.6 Å². The van der Waals surface area contributed by atoms with Gasteiger partial charge in [-0.25, -0.2) is 4.39 Å². The van der Waals surface area contributed by atoms with Gasteiger partial charge in [0.2, 0.25) is 0 Å². The Balaban J connectivity index is 1.49. The molecule has 2 aromatic carbocycles. The average Bonchev–Trinajstić information content (AvgIpc) is 2.83. The van der Waals surface area contributed by atoms with Gasteiger partial charge in [0.25, 0.3) is 5.91 Å². The van der Waals surface area contributed by atoms with Crippen LogP contribution in [0.25, 0.3) is 11.3 Å². The van der Waals surface area contributed by atoms with Gasteiger partial charge in [0.05, 0.1) is 18.5 Å². The third-order valence-electron chi connectivity index (χ3n) is 5.43. The number of halogens is 1. The molecule has 6 nitrogen and oxygen atoms in total. The highest BCUT2D eigenvalue weighted by atomic mass is 19.1. The molecule has 1 fully saturated rings. The maximum atomic E-state index is 13.0. The maximum Gasteiger partial charge on any atom is 0.260 e. The normalized spacial score (nSPS) is 16.1. The zero-order valence-corrected chi connectivity index (χ0v) is 17.3. The number of ether oxygens (including phenoxy) is 2. The number of amides is 1. The number of hydrogen-bond acceptors (Lipinski definition) is 5. The summed E-state index contributed by atoms with van der Waals surface area (Å²) < 4.78 is 24.1. The Kier molecular flexibility index (Phi) is 6.40. The molecule has 0 aliphatic carbocycles. The molecule has 160 valence electrons. The molecule has 0 bridgehead atoms. The fourth-order valence-electron chi connectivity index (χ4n) is 3.89. The molecular formula is C24H24FN3O3. The summed E-state index contributed by atoms with van der Waals surface area (Å²) in [4.78, 5) is 23.8. The first-order valence-electron chi connectivity index (χ1n) is 10.3. The first kappa shape index (κ1) is 20.8. The van der Waals surface area contributed by atoms with Crippen LogP contribution in [0.15, 0.2) is 60.9 Å². The number of methoxy groups -OCH3 is 1. The number of benzene rings is 2. The van der Waals surface area contributed by atoms with E-state index in [-0.39, 0.29) is 24.2 Å². The van der Waals surface area contributed by atoms with Crippen molar-refractivity contribution in [2.24, 2.45) is 0 Å². The number of likely N-dealkylation sites (tertiary alicyclic amines) is 1. The van der Waals surface area contributed by atoms with E-state index in [1.807, 2.05) is 24.3 Å². The number of nitrogens with zero attached hydrogens (tertiary/aromatic N) is 3. The molecule has 1 saturated heterocycles. The number of hydrogen-bond donors (Lipinski definition) is 0. The van der Waals surface area contributed by atoms with Crippen molar-refractivity contribution in [3.63, 3.8) is 0 Å². The fraction of sp³-hybridized carbons (Fsp3) is 0.292. The summed E-state index contributed by atoms with van der Waals surface area (Å²) in [6.07, 6.45) is 5.15. The molecule has 0 unspecified atom stereocenters. The van der Waals surface area contributed by atoms with Gasteiger partial charge in [-0.05, 0) is 49.2 Å². The van der Waals surface area contributed by atoms with E-state index in [9.17, 15) is 9.18 Å². The standard InChI is InChI=1S/C24H24FN3O3/c1-30-21-7-3-2-6-20(21)24-23(26-12-13-27-24)17-5-4-14-28(15-17)22(29)16-31-19-10-8-18(25)9-11-19/h2-3,6-13,17H,4-5,14-16H2,1H3/t17-/m1/s1. The van der Waals surface area contributed by atoms with E-state index >= 15 is 0 Å². The SMILES string of the molecule is COc1ccccc1-c1nccnc1[C@@H]1CCCN(C(=O)COc2ccc(F)cc2)C1. The van der Waals surface area contributed by atoms with Crippen LogP contribution in [0.1, 0.15) is 24.5 Å². The predicted molar refractivity (Wildman–Crippen MR) is 114 cm³/mol. The summed E-state index contributed by atoms with van der Waals surface area (Å²) in [5.41, 5.74) is 2.53. The monoisotopic (exact) mass is 421 g/mol. The van der Waals surface area contributed by atoms with Crippen LogP contribution in [0, 0.1) is 5.82 Å². The number of carbonyl (C=O) groups is 1. The van der Waals surface area contributed by atoms with E-state index in [4.69, 9.17) is 9.47 Å². The minimum Gasteiger partial charge on any atom is -0.496 e. The van der Waals surface area contributed by atoms with Crippen molar-refractivity contribution in [1.29, 1.82) is 0 Å². The van der Waals surface area contributed by atoms with Gasteiger partial charge in [-0.1, -0.05) is 12.1 Å². The molecule has 2 heterocycles. The first-order chi connectivity index (χ1) is 15.2. The van der Waals surface area contributed by atoms with E-state index in [1.165, 1.54) is 24.3 Å². The Morgan fingerprint density at radius 3 is 2.71 bits per heavy atom. The molecule has 0 radical (unpaired) electrons. The van der Waals surface area contributed by atoms with Gasteiger partial charge in [-0.3, -0.25) is 14.8 Å². The Labute approximate surface area is 180 Å². The smallest absolute Gasteiger partial charge is 0.260 e. The lowest BCUT2D eigenvalue weighted by Gasteiger charge is -2.33.